The van der Waals surface area contributed by atoms with Gasteiger partial charge < -0.3 is 16.0 Å². The van der Waals surface area contributed by atoms with Gasteiger partial charge in [0.2, 0.25) is 5.91 Å². The van der Waals surface area contributed by atoms with Crippen molar-refractivity contribution in [2.24, 2.45) is 0 Å². The summed E-state index contributed by atoms with van der Waals surface area (Å²) >= 11 is 10.3. The zero-order chi connectivity index (χ0) is 21.3. The Bertz CT molecular complexity index is 997. The number of nitrogens with one attached hydrogen (secondary N) is 3. The molecule has 3 rings (SSSR count). The normalized spacial score (nSPS) is 11.4. The second-order valence-corrected chi connectivity index (χ2v) is 9.08. The molecule has 0 heterocycles. The molecule has 1 unspecified atom stereocenters. The number of thioether (sulfide) groups is 1. The Labute approximate surface area is 195 Å². The lowest BCUT2D eigenvalue weighted by atomic mass is 10.3. The van der Waals surface area contributed by atoms with Crippen LogP contribution >= 0.6 is 39.9 Å². The van der Waals surface area contributed by atoms with Gasteiger partial charge in [0.15, 0.2) is 5.11 Å². The number of amides is 1. The molecule has 0 bridgehead atoms. The zero-order valence-corrected chi connectivity index (χ0v) is 19.6. The summed E-state index contributed by atoms with van der Waals surface area (Å²) in [5, 5.41) is 9.66. The smallest absolute Gasteiger partial charge is 0.237 e. The first-order valence-electron chi connectivity index (χ1n) is 9.49. The second-order valence-electron chi connectivity index (χ2n) is 6.48. The van der Waals surface area contributed by atoms with Crippen molar-refractivity contribution in [2.45, 2.75) is 23.5 Å². The van der Waals surface area contributed by atoms with Crippen molar-refractivity contribution >= 4 is 68.0 Å². The molecule has 7 heteroatoms. The van der Waals surface area contributed by atoms with Gasteiger partial charge in [-0.1, -0.05) is 47.1 Å². The molecular formula is C23H22BrN3OS2. The van der Waals surface area contributed by atoms with Crippen molar-refractivity contribution in [1.29, 1.82) is 0 Å². The molecule has 0 saturated heterocycles. The van der Waals surface area contributed by atoms with Crippen LogP contribution in [0.4, 0.5) is 17.1 Å². The van der Waals surface area contributed by atoms with E-state index in [1.54, 1.807) is 0 Å². The van der Waals surface area contributed by atoms with E-state index in [-0.39, 0.29) is 11.2 Å². The molecule has 0 aliphatic heterocycles. The van der Waals surface area contributed by atoms with Gasteiger partial charge in [0.05, 0.1) is 5.25 Å². The minimum Gasteiger partial charge on any atom is -0.332 e. The van der Waals surface area contributed by atoms with Crippen molar-refractivity contribution in [2.75, 3.05) is 16.0 Å². The molecule has 3 aromatic rings. The molecular weight excluding hydrogens is 478 g/mol. The highest BCUT2D eigenvalue weighted by atomic mass is 79.9. The number of carbonyl (C=O) groups excluding carboxylic acids is 1. The molecule has 4 nitrogen and oxygen atoms in total. The zero-order valence-electron chi connectivity index (χ0n) is 16.4. The lowest BCUT2D eigenvalue weighted by Gasteiger charge is -2.16. The van der Waals surface area contributed by atoms with Crippen molar-refractivity contribution < 1.29 is 4.79 Å². The van der Waals surface area contributed by atoms with Gasteiger partial charge in [-0.25, -0.2) is 0 Å². The lowest BCUT2D eigenvalue weighted by Crippen LogP contribution is -2.24. The summed E-state index contributed by atoms with van der Waals surface area (Å²) in [6.45, 7) is 2.01. The predicted octanol–water partition coefficient (Wildman–Crippen LogP) is 6.77. The number of thiocarbonyl (C=S) groups is 1. The molecule has 0 spiro atoms. The molecule has 0 saturated carbocycles. The maximum atomic E-state index is 12.7. The number of rotatable bonds is 7. The topological polar surface area (TPSA) is 53.2 Å². The molecule has 0 fully saturated rings. The largest absolute Gasteiger partial charge is 0.332 e. The van der Waals surface area contributed by atoms with E-state index >= 15 is 0 Å². The van der Waals surface area contributed by atoms with Crippen molar-refractivity contribution in [3.05, 3.63) is 83.3 Å². The Balaban J connectivity index is 1.60. The van der Waals surface area contributed by atoms with Crippen LogP contribution < -0.4 is 16.0 Å². The van der Waals surface area contributed by atoms with Crippen LogP contribution in [0.2, 0.25) is 0 Å². The highest BCUT2D eigenvalue weighted by Crippen LogP contribution is 2.29. The van der Waals surface area contributed by atoms with Crippen LogP contribution in [0, 0.1) is 0 Å². The third-order valence-corrected chi connectivity index (χ3v) is 6.27. The first kappa shape index (κ1) is 22.3. The quantitative estimate of drug-likeness (QED) is 0.247. The summed E-state index contributed by atoms with van der Waals surface area (Å²) in [4.78, 5) is 13.7. The Morgan fingerprint density at radius 1 is 0.900 bits per heavy atom. The van der Waals surface area contributed by atoms with Gasteiger partial charge in [-0.15, -0.1) is 11.8 Å². The number of benzene rings is 3. The fourth-order valence-electron chi connectivity index (χ4n) is 2.70. The van der Waals surface area contributed by atoms with Gasteiger partial charge in [0, 0.05) is 26.4 Å². The number of halogens is 1. The third kappa shape index (κ3) is 6.86. The van der Waals surface area contributed by atoms with E-state index in [0.717, 1.165) is 32.9 Å². The average molecular weight is 500 g/mol. The summed E-state index contributed by atoms with van der Waals surface area (Å²) in [6.07, 6.45) is 0.721. The molecule has 0 radical (unpaired) electrons. The molecule has 3 N–H and O–H groups in total. The van der Waals surface area contributed by atoms with E-state index in [4.69, 9.17) is 12.2 Å². The second kappa shape index (κ2) is 11.2. The standard InChI is InChI=1S/C23H22BrN3OS2/c1-2-21(22(28)25-18-13-11-16(24)12-14-18)30-20-10-6-9-19(15-20)27-23(29)26-17-7-4-3-5-8-17/h3-15,21H,2H2,1H3,(H,25,28)(H2,26,27,29). The van der Waals surface area contributed by atoms with Gasteiger partial charge >= 0.3 is 0 Å². The highest BCUT2D eigenvalue weighted by molar-refractivity contribution is 9.10. The van der Waals surface area contributed by atoms with Gasteiger partial charge in [0.25, 0.3) is 0 Å². The Kier molecular flexibility index (Phi) is 8.30. The summed E-state index contributed by atoms with van der Waals surface area (Å²) in [5.74, 6) is -0.00977. The Hall–Kier alpha value is -2.35. The monoisotopic (exact) mass is 499 g/mol. The number of anilines is 3. The van der Waals surface area contributed by atoms with Crippen LogP contribution in [0.5, 0.6) is 0 Å². The summed E-state index contributed by atoms with van der Waals surface area (Å²) in [7, 11) is 0. The molecule has 1 amide bonds. The van der Waals surface area contributed by atoms with E-state index in [2.05, 4.69) is 31.9 Å². The summed E-state index contributed by atoms with van der Waals surface area (Å²) in [6, 6.07) is 25.2. The lowest BCUT2D eigenvalue weighted by molar-refractivity contribution is -0.115. The van der Waals surface area contributed by atoms with Crippen LogP contribution in [0.3, 0.4) is 0 Å². The van der Waals surface area contributed by atoms with Gasteiger partial charge in [0.1, 0.15) is 0 Å². The molecule has 0 aliphatic rings. The average Bonchev–Trinajstić information content (AvgIpc) is 2.74. The number of para-hydroxylation sites is 1. The number of carbonyl (C=O) groups is 1. The van der Waals surface area contributed by atoms with Crippen LogP contribution in [0.25, 0.3) is 0 Å². The van der Waals surface area contributed by atoms with E-state index in [1.165, 1.54) is 11.8 Å². The first-order valence-corrected chi connectivity index (χ1v) is 11.6. The SMILES string of the molecule is CCC(Sc1cccc(NC(=S)Nc2ccccc2)c1)C(=O)Nc1ccc(Br)cc1. The minimum atomic E-state index is -0.196. The Morgan fingerprint density at radius 2 is 1.53 bits per heavy atom. The van der Waals surface area contributed by atoms with E-state index in [1.807, 2.05) is 85.8 Å². The van der Waals surface area contributed by atoms with Crippen molar-refractivity contribution in [1.82, 2.24) is 0 Å². The van der Waals surface area contributed by atoms with Crippen molar-refractivity contribution in [3.8, 4) is 0 Å². The molecule has 3 aromatic carbocycles. The molecule has 1 atom stereocenters. The van der Waals surface area contributed by atoms with Gasteiger partial charge in [-0.2, -0.15) is 0 Å². The number of hydrogen-bond acceptors (Lipinski definition) is 3. The fraction of sp³-hybridized carbons (Fsp3) is 0.130. The number of hydrogen-bond donors (Lipinski definition) is 3. The minimum absolute atomic E-state index is 0.00977. The van der Waals surface area contributed by atoms with Crippen LogP contribution in [-0.2, 0) is 4.79 Å². The maximum absolute atomic E-state index is 12.7. The molecule has 0 aromatic heterocycles. The maximum Gasteiger partial charge on any atom is 0.237 e. The van der Waals surface area contributed by atoms with E-state index < -0.39 is 0 Å². The van der Waals surface area contributed by atoms with Crippen LogP contribution in [0.15, 0.2) is 88.2 Å². The van der Waals surface area contributed by atoms with Gasteiger partial charge in [-0.3, -0.25) is 4.79 Å². The molecule has 0 aliphatic carbocycles. The summed E-state index contributed by atoms with van der Waals surface area (Å²) < 4.78 is 0.978. The van der Waals surface area contributed by atoms with Crippen molar-refractivity contribution in [3.63, 3.8) is 0 Å². The molecule has 154 valence electrons. The van der Waals surface area contributed by atoms with E-state index in [0.29, 0.717) is 5.11 Å². The predicted molar refractivity (Wildman–Crippen MR) is 135 cm³/mol. The highest BCUT2D eigenvalue weighted by Gasteiger charge is 2.18. The summed E-state index contributed by atoms with van der Waals surface area (Å²) in [5.41, 5.74) is 2.59. The van der Waals surface area contributed by atoms with Crippen LogP contribution in [0.1, 0.15) is 13.3 Å². The Morgan fingerprint density at radius 3 is 2.23 bits per heavy atom. The molecule has 30 heavy (non-hydrogen) atoms. The van der Waals surface area contributed by atoms with Gasteiger partial charge in [-0.05, 0) is 73.2 Å². The fourth-order valence-corrected chi connectivity index (χ4v) is 4.22. The van der Waals surface area contributed by atoms with Crippen LogP contribution in [-0.4, -0.2) is 16.3 Å². The van der Waals surface area contributed by atoms with E-state index in [9.17, 15) is 4.79 Å². The third-order valence-electron chi connectivity index (χ3n) is 4.18. The first-order chi connectivity index (χ1) is 14.5.